The summed E-state index contributed by atoms with van der Waals surface area (Å²) in [5.41, 5.74) is 18.9. The first-order valence-corrected chi connectivity index (χ1v) is 25.9. The predicted octanol–water partition coefficient (Wildman–Crippen LogP) is 18.5. The van der Waals surface area contributed by atoms with Crippen LogP contribution < -0.4 is 14.7 Å². The van der Waals surface area contributed by atoms with Gasteiger partial charge in [-0.25, -0.2) is 4.39 Å². The Morgan fingerprint density at radius 3 is 1.81 bits per heavy atom. The first kappa shape index (κ1) is 49.3. The maximum Gasteiger partial charge on any atom is 0.123 e. The van der Waals surface area contributed by atoms with Crippen LogP contribution in [0.15, 0.2) is 236 Å². The van der Waals surface area contributed by atoms with Gasteiger partial charge < -0.3 is 14.7 Å². The molecule has 5 aliphatic rings. The van der Waals surface area contributed by atoms with Crippen LogP contribution in [0.5, 0.6) is 0 Å². The average Bonchev–Trinajstić information content (AvgIpc) is 3.90. The Bertz CT molecular complexity index is 3140. The first-order chi connectivity index (χ1) is 35.2. The monoisotopic (exact) mass is 946 g/mol. The average molecular weight is 946 g/mol. The highest BCUT2D eigenvalue weighted by Crippen LogP contribution is 2.52. The van der Waals surface area contributed by atoms with Crippen LogP contribution in [0.1, 0.15) is 82.1 Å². The summed E-state index contributed by atoms with van der Waals surface area (Å²) in [5, 5.41) is 0. The fourth-order valence-electron chi connectivity index (χ4n) is 11.1. The van der Waals surface area contributed by atoms with Gasteiger partial charge in [0, 0.05) is 59.6 Å². The van der Waals surface area contributed by atoms with E-state index in [1.807, 2.05) is 39.1 Å². The number of anilines is 6. The zero-order chi connectivity index (χ0) is 50.2. The minimum atomic E-state index is -0.240. The smallest absolute Gasteiger partial charge is 0.123 e. The van der Waals surface area contributed by atoms with Crippen molar-refractivity contribution >= 4 is 45.3 Å². The molecule has 0 aromatic heterocycles. The number of nitrogens with zero attached hydrogens (tertiary/aromatic N) is 3. The van der Waals surface area contributed by atoms with Gasteiger partial charge >= 0.3 is 0 Å². The molecule has 72 heavy (non-hydrogen) atoms. The van der Waals surface area contributed by atoms with Gasteiger partial charge in [0.15, 0.2) is 0 Å². The van der Waals surface area contributed by atoms with Gasteiger partial charge in [0.05, 0.1) is 6.04 Å². The summed E-state index contributed by atoms with van der Waals surface area (Å²) in [6, 6.07) is 61.1. The second-order valence-corrected chi connectivity index (χ2v) is 19.5. The summed E-state index contributed by atoms with van der Waals surface area (Å²) in [4.78, 5) is 6.81. The standard InChI is InChI=1S/C44H36FN3.C16H18.C6H8.C2H6/c1-46(36-13-7-4-8-14-36)39-27-34(28-40(30-39)47(2)37-24-20-35(45)21-25-37)33-19-26-44-42(29-33)41-15-9-10-16-43(41)48(44)38-22-17-32(18-23-38)31-11-5-3-6-12-31;1-11-7-6-9-13-12-8-4-5-10-14(12)16(2,3)15(11)13;1-2-4-6-5-3-1;1-2/h3-30,42,44H,1-2H3;4-6,8-11H,7H2,1-3H3;1-4H,5-6H2;1-2H3. The van der Waals surface area contributed by atoms with E-state index in [0.717, 1.165) is 28.3 Å². The van der Waals surface area contributed by atoms with Gasteiger partial charge in [-0.2, -0.15) is 0 Å². The van der Waals surface area contributed by atoms with E-state index in [0.29, 0.717) is 5.92 Å². The van der Waals surface area contributed by atoms with Crippen molar-refractivity contribution in [3.63, 3.8) is 0 Å². The molecule has 12 rings (SSSR count). The molecule has 0 amide bonds. The Morgan fingerprint density at radius 1 is 0.569 bits per heavy atom. The third-order valence-electron chi connectivity index (χ3n) is 14.7. The highest BCUT2D eigenvalue weighted by molar-refractivity contribution is 5.88. The molecule has 362 valence electrons. The van der Waals surface area contributed by atoms with Gasteiger partial charge in [-0.1, -0.05) is 192 Å². The number of hydrogen-bond donors (Lipinski definition) is 0. The van der Waals surface area contributed by atoms with Crippen molar-refractivity contribution < 1.29 is 4.39 Å². The van der Waals surface area contributed by atoms with E-state index in [1.54, 1.807) is 5.57 Å². The van der Waals surface area contributed by atoms with Gasteiger partial charge in [-0.05, 0) is 148 Å². The van der Waals surface area contributed by atoms with Crippen LogP contribution in [0.2, 0.25) is 0 Å². The molecule has 0 saturated carbocycles. The van der Waals surface area contributed by atoms with Crippen molar-refractivity contribution in [2.45, 2.75) is 71.3 Å². The van der Waals surface area contributed by atoms with E-state index in [-0.39, 0.29) is 23.2 Å². The number of para-hydroxylation sites is 2. The van der Waals surface area contributed by atoms with Crippen LogP contribution in [0.3, 0.4) is 0 Å². The van der Waals surface area contributed by atoms with Crippen LogP contribution in [0, 0.1) is 11.7 Å². The molecule has 0 saturated heterocycles. The summed E-state index contributed by atoms with van der Waals surface area (Å²) >= 11 is 0. The zero-order valence-corrected chi connectivity index (χ0v) is 43.0. The number of allylic oxidation sites excluding steroid dienone is 10. The molecule has 3 nitrogen and oxygen atoms in total. The third-order valence-corrected chi connectivity index (χ3v) is 14.7. The van der Waals surface area contributed by atoms with Crippen LogP contribution in [0.4, 0.5) is 38.5 Å². The molecule has 0 spiro atoms. The predicted molar refractivity (Wildman–Crippen MR) is 308 cm³/mol. The number of fused-ring (bicyclic) bond motifs is 5. The summed E-state index contributed by atoms with van der Waals surface area (Å²) < 4.78 is 13.8. The van der Waals surface area contributed by atoms with E-state index in [9.17, 15) is 4.39 Å². The van der Waals surface area contributed by atoms with Crippen LogP contribution >= 0.6 is 0 Å². The van der Waals surface area contributed by atoms with E-state index in [1.165, 1.54) is 81.7 Å². The van der Waals surface area contributed by atoms with Crippen molar-refractivity contribution in [1.29, 1.82) is 0 Å². The fraction of sp³-hybridized carbons (Fsp3) is 0.206. The quantitative estimate of drug-likeness (QED) is 0.158. The molecule has 0 radical (unpaired) electrons. The van der Waals surface area contributed by atoms with Crippen molar-refractivity contribution in [2.75, 3.05) is 28.8 Å². The SMILES string of the molecule is C1=CCCC=C1.CC.CC1CC=CC2=C1C(C)(C)c1ccccc12.CN(c1ccccc1)c1cc(C2=CC3c4ccccc4N(c4ccc(-c5ccccc5)cc4)C3C=C2)cc(N(C)c2ccc(F)cc2)c1. The molecule has 1 aliphatic heterocycles. The Morgan fingerprint density at radius 2 is 1.15 bits per heavy atom. The van der Waals surface area contributed by atoms with Gasteiger partial charge in [0.1, 0.15) is 5.82 Å². The summed E-state index contributed by atoms with van der Waals surface area (Å²) in [5.74, 6) is 0.640. The summed E-state index contributed by atoms with van der Waals surface area (Å²) in [7, 11) is 4.14. The number of hydrogen-bond acceptors (Lipinski definition) is 3. The molecule has 7 aromatic rings. The molecule has 4 aliphatic carbocycles. The lowest BCUT2D eigenvalue weighted by molar-refractivity contribution is 0.530. The van der Waals surface area contributed by atoms with E-state index in [4.69, 9.17) is 0 Å². The Labute approximate surface area is 429 Å². The third kappa shape index (κ3) is 10.2. The summed E-state index contributed by atoms with van der Waals surface area (Å²) in [6.07, 6.45) is 23.9. The molecule has 0 N–H and O–H groups in total. The van der Waals surface area contributed by atoms with E-state index >= 15 is 0 Å². The Hall–Kier alpha value is -7.69. The Kier molecular flexibility index (Phi) is 15.2. The molecule has 3 atom stereocenters. The maximum absolute atomic E-state index is 13.8. The van der Waals surface area contributed by atoms with Gasteiger partial charge in [-0.3, -0.25) is 0 Å². The highest BCUT2D eigenvalue weighted by atomic mass is 19.1. The molecule has 1 heterocycles. The fourth-order valence-corrected chi connectivity index (χ4v) is 11.1. The van der Waals surface area contributed by atoms with Gasteiger partial charge in [0.25, 0.3) is 0 Å². The molecule has 7 aromatic carbocycles. The molecule has 3 unspecified atom stereocenters. The topological polar surface area (TPSA) is 9.72 Å². The lowest BCUT2D eigenvalue weighted by Gasteiger charge is -2.30. The second-order valence-electron chi connectivity index (χ2n) is 19.5. The number of benzene rings is 7. The maximum atomic E-state index is 13.8. The van der Waals surface area contributed by atoms with Crippen molar-refractivity contribution in [3.8, 4) is 11.1 Å². The largest absolute Gasteiger partial charge is 0.345 e. The zero-order valence-electron chi connectivity index (χ0n) is 43.0. The first-order valence-electron chi connectivity index (χ1n) is 25.9. The second kappa shape index (κ2) is 22.2. The highest BCUT2D eigenvalue weighted by Gasteiger charge is 2.40. The molecule has 0 bridgehead atoms. The van der Waals surface area contributed by atoms with Crippen LogP contribution in [-0.4, -0.2) is 20.1 Å². The number of halogens is 1. The summed E-state index contributed by atoms with van der Waals surface area (Å²) in [6.45, 7) is 11.1. The molecule has 4 heteroatoms. The van der Waals surface area contributed by atoms with Crippen molar-refractivity contribution in [3.05, 3.63) is 264 Å². The van der Waals surface area contributed by atoms with E-state index in [2.05, 4.69) is 243 Å². The lowest BCUT2D eigenvalue weighted by atomic mass is 9.74. The minimum Gasteiger partial charge on any atom is -0.345 e. The van der Waals surface area contributed by atoms with Crippen molar-refractivity contribution in [2.24, 2.45) is 5.92 Å². The van der Waals surface area contributed by atoms with E-state index < -0.39 is 0 Å². The van der Waals surface area contributed by atoms with Crippen LogP contribution in [-0.2, 0) is 5.41 Å². The van der Waals surface area contributed by atoms with Crippen LogP contribution in [0.25, 0.3) is 22.3 Å². The molecule has 0 fully saturated rings. The van der Waals surface area contributed by atoms with Crippen molar-refractivity contribution in [1.82, 2.24) is 0 Å². The Balaban J connectivity index is 0.000000217. The van der Waals surface area contributed by atoms with Gasteiger partial charge in [-0.15, -0.1) is 0 Å². The minimum absolute atomic E-state index is 0.172. The number of rotatable bonds is 7. The van der Waals surface area contributed by atoms with Gasteiger partial charge in [0.2, 0.25) is 0 Å². The molecular weight excluding hydrogens is 878 g/mol. The lowest BCUT2D eigenvalue weighted by Crippen LogP contribution is -2.28. The molecular formula is C68H68FN3. The normalized spacial score (nSPS) is 18.1.